The van der Waals surface area contributed by atoms with Crippen molar-refractivity contribution in [1.29, 1.82) is 5.26 Å². The van der Waals surface area contributed by atoms with E-state index in [-0.39, 0.29) is 5.91 Å². The highest BCUT2D eigenvalue weighted by Gasteiger charge is 2.01. The van der Waals surface area contributed by atoms with E-state index in [0.717, 1.165) is 0 Å². The molecule has 0 atom stereocenters. The van der Waals surface area contributed by atoms with Gasteiger partial charge in [0, 0.05) is 26.6 Å². The molecule has 1 aromatic heterocycles. The van der Waals surface area contributed by atoms with Crippen molar-refractivity contribution < 1.29 is 9.53 Å². The lowest BCUT2D eigenvalue weighted by molar-refractivity contribution is -0.121. The zero-order valence-electron chi connectivity index (χ0n) is 10.3. The standard InChI is InChI=1S/C12H16N4O2/c1-18-8-7-15-12(17)5-6-14-11-4-2-3-10(9-13)16-11/h2-4H,5-8H2,1H3,(H,14,16)(H,15,17). The first-order valence-corrected chi connectivity index (χ1v) is 5.63. The number of nitriles is 1. The largest absolute Gasteiger partial charge is 0.383 e. The van der Waals surface area contributed by atoms with Gasteiger partial charge < -0.3 is 15.4 Å². The molecule has 0 spiro atoms. The van der Waals surface area contributed by atoms with Crippen LogP contribution in [0.15, 0.2) is 18.2 Å². The van der Waals surface area contributed by atoms with Gasteiger partial charge in [-0.15, -0.1) is 0 Å². The number of hydrogen-bond acceptors (Lipinski definition) is 5. The Balaban J connectivity index is 2.24. The molecule has 2 N–H and O–H groups in total. The van der Waals surface area contributed by atoms with Crippen LogP contribution >= 0.6 is 0 Å². The number of carbonyl (C=O) groups is 1. The van der Waals surface area contributed by atoms with Crippen LogP contribution in [0, 0.1) is 11.3 Å². The summed E-state index contributed by atoms with van der Waals surface area (Å²) in [6.45, 7) is 1.49. The molecule has 1 aromatic rings. The Morgan fingerprint density at radius 3 is 3.06 bits per heavy atom. The minimum absolute atomic E-state index is 0.0454. The minimum atomic E-state index is -0.0454. The lowest BCUT2D eigenvalue weighted by Crippen LogP contribution is -2.28. The molecule has 0 fully saturated rings. The summed E-state index contributed by atoms with van der Waals surface area (Å²) < 4.78 is 4.82. The van der Waals surface area contributed by atoms with E-state index < -0.39 is 0 Å². The van der Waals surface area contributed by atoms with Crippen molar-refractivity contribution in [3.8, 4) is 6.07 Å². The highest BCUT2D eigenvalue weighted by Crippen LogP contribution is 2.03. The molecule has 0 unspecified atom stereocenters. The molecule has 18 heavy (non-hydrogen) atoms. The Bertz CT molecular complexity index is 428. The lowest BCUT2D eigenvalue weighted by atomic mass is 10.3. The van der Waals surface area contributed by atoms with Crippen molar-refractivity contribution >= 4 is 11.7 Å². The van der Waals surface area contributed by atoms with Crippen LogP contribution in [-0.2, 0) is 9.53 Å². The molecule has 1 rings (SSSR count). The number of ether oxygens (including phenoxy) is 1. The van der Waals surface area contributed by atoms with Gasteiger partial charge in [-0.3, -0.25) is 4.79 Å². The number of nitrogens with one attached hydrogen (secondary N) is 2. The van der Waals surface area contributed by atoms with Crippen LogP contribution in [0.5, 0.6) is 0 Å². The van der Waals surface area contributed by atoms with Crippen LogP contribution in [0.2, 0.25) is 0 Å². The van der Waals surface area contributed by atoms with E-state index in [9.17, 15) is 4.79 Å². The van der Waals surface area contributed by atoms with Crippen LogP contribution in [0.4, 0.5) is 5.82 Å². The maximum absolute atomic E-state index is 11.4. The number of nitrogens with zero attached hydrogens (tertiary/aromatic N) is 2. The quantitative estimate of drug-likeness (QED) is 0.687. The van der Waals surface area contributed by atoms with Gasteiger partial charge in [-0.05, 0) is 12.1 Å². The van der Waals surface area contributed by atoms with E-state index in [0.29, 0.717) is 37.6 Å². The molecule has 0 aromatic carbocycles. The topological polar surface area (TPSA) is 87.0 Å². The van der Waals surface area contributed by atoms with E-state index in [1.54, 1.807) is 25.3 Å². The van der Waals surface area contributed by atoms with Gasteiger partial charge in [0.15, 0.2) is 0 Å². The molecule has 0 aliphatic heterocycles. The Hall–Kier alpha value is -2.13. The summed E-state index contributed by atoms with van der Waals surface area (Å²) in [5, 5.41) is 14.4. The molecule has 6 heteroatoms. The number of rotatable bonds is 7. The first-order valence-electron chi connectivity index (χ1n) is 5.63. The summed E-state index contributed by atoms with van der Waals surface area (Å²) in [5.74, 6) is 0.551. The van der Waals surface area contributed by atoms with E-state index in [1.807, 2.05) is 6.07 Å². The fraction of sp³-hybridized carbons (Fsp3) is 0.417. The maximum Gasteiger partial charge on any atom is 0.221 e. The minimum Gasteiger partial charge on any atom is -0.383 e. The van der Waals surface area contributed by atoms with E-state index in [1.165, 1.54) is 0 Å². The number of hydrogen-bond donors (Lipinski definition) is 2. The van der Waals surface area contributed by atoms with Crippen LogP contribution < -0.4 is 10.6 Å². The summed E-state index contributed by atoms with van der Waals surface area (Å²) in [7, 11) is 1.58. The first-order chi connectivity index (χ1) is 8.76. The molecule has 0 saturated heterocycles. The number of pyridine rings is 1. The predicted octanol–water partition coefficient (Wildman–Crippen LogP) is 0.518. The Morgan fingerprint density at radius 2 is 2.33 bits per heavy atom. The Labute approximate surface area is 106 Å². The van der Waals surface area contributed by atoms with Crippen LogP contribution in [-0.4, -0.2) is 37.7 Å². The smallest absolute Gasteiger partial charge is 0.221 e. The second-order valence-electron chi connectivity index (χ2n) is 3.54. The third kappa shape index (κ3) is 5.27. The third-order valence-corrected chi connectivity index (χ3v) is 2.15. The van der Waals surface area contributed by atoms with Crippen molar-refractivity contribution in [2.75, 3.05) is 32.1 Å². The highest BCUT2D eigenvalue weighted by atomic mass is 16.5. The number of aromatic nitrogens is 1. The monoisotopic (exact) mass is 248 g/mol. The summed E-state index contributed by atoms with van der Waals surface area (Å²) in [4.78, 5) is 15.4. The molecule has 1 heterocycles. The average molecular weight is 248 g/mol. The van der Waals surface area contributed by atoms with Crippen molar-refractivity contribution in [2.45, 2.75) is 6.42 Å². The van der Waals surface area contributed by atoms with Gasteiger partial charge in [0.2, 0.25) is 5.91 Å². The third-order valence-electron chi connectivity index (χ3n) is 2.15. The van der Waals surface area contributed by atoms with Gasteiger partial charge in [0.25, 0.3) is 0 Å². The zero-order chi connectivity index (χ0) is 13.2. The van der Waals surface area contributed by atoms with Crippen molar-refractivity contribution in [3.05, 3.63) is 23.9 Å². The van der Waals surface area contributed by atoms with Crippen molar-refractivity contribution in [1.82, 2.24) is 10.3 Å². The van der Waals surface area contributed by atoms with Gasteiger partial charge in [0.05, 0.1) is 6.61 Å². The van der Waals surface area contributed by atoms with Crippen molar-refractivity contribution in [2.24, 2.45) is 0 Å². The van der Waals surface area contributed by atoms with E-state index in [4.69, 9.17) is 10.00 Å². The SMILES string of the molecule is COCCNC(=O)CCNc1cccc(C#N)n1. The lowest BCUT2D eigenvalue weighted by Gasteiger charge is -2.06. The Kier molecular flexibility index (Phi) is 6.22. The summed E-state index contributed by atoms with van der Waals surface area (Å²) in [6.07, 6.45) is 0.349. The van der Waals surface area contributed by atoms with Crippen LogP contribution in [0.3, 0.4) is 0 Å². The van der Waals surface area contributed by atoms with Gasteiger partial charge in [-0.25, -0.2) is 4.98 Å². The molecule has 0 aliphatic carbocycles. The van der Waals surface area contributed by atoms with Crippen LogP contribution in [0.25, 0.3) is 0 Å². The predicted molar refractivity (Wildman–Crippen MR) is 66.9 cm³/mol. The van der Waals surface area contributed by atoms with Gasteiger partial charge >= 0.3 is 0 Å². The molecule has 96 valence electrons. The van der Waals surface area contributed by atoms with Gasteiger partial charge in [-0.2, -0.15) is 5.26 Å². The van der Waals surface area contributed by atoms with Gasteiger partial charge in [0.1, 0.15) is 17.6 Å². The molecule has 0 bridgehead atoms. The fourth-order valence-electron chi connectivity index (χ4n) is 1.28. The molecular formula is C12H16N4O2. The van der Waals surface area contributed by atoms with Gasteiger partial charge in [-0.1, -0.05) is 6.07 Å². The second-order valence-corrected chi connectivity index (χ2v) is 3.54. The second kappa shape index (κ2) is 8.03. The number of carbonyl (C=O) groups excluding carboxylic acids is 1. The number of amides is 1. The summed E-state index contributed by atoms with van der Waals surface area (Å²) >= 11 is 0. The molecule has 1 amide bonds. The Morgan fingerprint density at radius 1 is 1.50 bits per heavy atom. The number of anilines is 1. The highest BCUT2D eigenvalue weighted by molar-refractivity contribution is 5.76. The molecule has 0 saturated carbocycles. The zero-order valence-corrected chi connectivity index (χ0v) is 10.3. The van der Waals surface area contributed by atoms with Crippen molar-refractivity contribution in [3.63, 3.8) is 0 Å². The van der Waals surface area contributed by atoms with E-state index >= 15 is 0 Å². The molecule has 6 nitrogen and oxygen atoms in total. The average Bonchev–Trinajstić information content (AvgIpc) is 2.39. The summed E-state index contributed by atoms with van der Waals surface area (Å²) in [6, 6.07) is 7.08. The first kappa shape index (κ1) is 13.9. The molecule has 0 aliphatic rings. The summed E-state index contributed by atoms with van der Waals surface area (Å²) in [5.41, 5.74) is 0.351. The normalized spacial score (nSPS) is 9.56. The molecular weight excluding hydrogens is 232 g/mol. The number of methoxy groups -OCH3 is 1. The van der Waals surface area contributed by atoms with Crippen LogP contribution in [0.1, 0.15) is 12.1 Å². The maximum atomic E-state index is 11.4. The molecule has 0 radical (unpaired) electrons. The fourth-order valence-corrected chi connectivity index (χ4v) is 1.28. The van der Waals surface area contributed by atoms with E-state index in [2.05, 4.69) is 15.6 Å².